The summed E-state index contributed by atoms with van der Waals surface area (Å²) in [5.41, 5.74) is 2.82. The number of hydrogen-bond acceptors (Lipinski definition) is 4. The van der Waals surface area contributed by atoms with E-state index in [-0.39, 0.29) is 10.8 Å². The van der Waals surface area contributed by atoms with E-state index in [9.17, 15) is 8.42 Å². The third kappa shape index (κ3) is 3.44. The smallest absolute Gasteiger partial charge is 0.264 e. The summed E-state index contributed by atoms with van der Waals surface area (Å²) >= 11 is 5.85. The number of hydrogen-bond donors (Lipinski definition) is 1. The molecule has 7 heteroatoms. The van der Waals surface area contributed by atoms with Crippen LogP contribution in [0.25, 0.3) is 11.3 Å². The standard InChI is InChI=1S/C17H15ClN2O3S/c1-11-3-4-12(2)16(9-11)24(21,22)20-17-10-15(19-23-17)13-5-7-14(18)8-6-13/h3-10,20H,1-2H3. The van der Waals surface area contributed by atoms with Gasteiger partial charge in [0.05, 0.1) is 4.90 Å². The first-order chi connectivity index (χ1) is 11.3. The van der Waals surface area contributed by atoms with E-state index >= 15 is 0 Å². The van der Waals surface area contributed by atoms with Crippen LogP contribution in [0.15, 0.2) is 57.9 Å². The maximum absolute atomic E-state index is 12.5. The molecule has 0 aliphatic carbocycles. The molecule has 2 aromatic carbocycles. The van der Waals surface area contributed by atoms with Gasteiger partial charge in [0.2, 0.25) is 5.88 Å². The molecule has 0 bridgehead atoms. The second kappa shape index (κ2) is 6.30. The van der Waals surface area contributed by atoms with E-state index in [1.165, 1.54) is 6.07 Å². The minimum atomic E-state index is -3.75. The summed E-state index contributed by atoms with van der Waals surface area (Å²) in [4.78, 5) is 0.215. The molecule has 0 aliphatic rings. The molecule has 0 amide bonds. The normalized spacial score (nSPS) is 11.5. The van der Waals surface area contributed by atoms with Crippen LogP contribution in [-0.2, 0) is 10.0 Å². The number of nitrogens with zero attached hydrogens (tertiary/aromatic N) is 1. The lowest BCUT2D eigenvalue weighted by Crippen LogP contribution is -2.14. The van der Waals surface area contributed by atoms with Gasteiger partial charge in [0.1, 0.15) is 5.69 Å². The predicted octanol–water partition coefficient (Wildman–Crippen LogP) is 4.41. The van der Waals surface area contributed by atoms with Gasteiger partial charge in [-0.2, -0.15) is 0 Å². The fourth-order valence-corrected chi connectivity index (χ4v) is 3.69. The van der Waals surface area contributed by atoms with Gasteiger partial charge in [-0.15, -0.1) is 0 Å². The van der Waals surface area contributed by atoms with Crippen LogP contribution in [0.3, 0.4) is 0 Å². The van der Waals surface area contributed by atoms with Crippen molar-refractivity contribution in [2.45, 2.75) is 18.7 Å². The number of halogens is 1. The summed E-state index contributed by atoms with van der Waals surface area (Å²) in [5, 5.41) is 4.50. The quantitative estimate of drug-likeness (QED) is 0.746. The first kappa shape index (κ1) is 16.5. The first-order valence-electron chi connectivity index (χ1n) is 7.18. The Hall–Kier alpha value is -2.31. The van der Waals surface area contributed by atoms with Crippen LogP contribution in [0.2, 0.25) is 5.02 Å². The number of anilines is 1. The highest BCUT2D eigenvalue weighted by Crippen LogP contribution is 2.26. The molecular formula is C17H15ClN2O3S. The number of nitrogens with one attached hydrogen (secondary N) is 1. The van der Waals surface area contributed by atoms with Gasteiger partial charge in [-0.1, -0.05) is 41.0 Å². The number of rotatable bonds is 4. The summed E-state index contributed by atoms with van der Waals surface area (Å²) in [6, 6.07) is 13.8. The average Bonchev–Trinajstić information content (AvgIpc) is 2.98. The van der Waals surface area contributed by atoms with Crippen LogP contribution < -0.4 is 4.72 Å². The van der Waals surface area contributed by atoms with E-state index < -0.39 is 10.0 Å². The van der Waals surface area contributed by atoms with Crippen LogP contribution in [0.5, 0.6) is 0 Å². The lowest BCUT2D eigenvalue weighted by Gasteiger charge is -2.08. The van der Waals surface area contributed by atoms with Crippen molar-refractivity contribution in [1.29, 1.82) is 0 Å². The van der Waals surface area contributed by atoms with Crippen molar-refractivity contribution in [2.75, 3.05) is 4.72 Å². The average molecular weight is 363 g/mol. The topological polar surface area (TPSA) is 72.2 Å². The Morgan fingerprint density at radius 2 is 1.75 bits per heavy atom. The lowest BCUT2D eigenvalue weighted by atomic mass is 10.1. The third-order valence-electron chi connectivity index (χ3n) is 3.52. The monoisotopic (exact) mass is 362 g/mol. The number of aromatic nitrogens is 1. The highest BCUT2D eigenvalue weighted by molar-refractivity contribution is 7.92. The summed E-state index contributed by atoms with van der Waals surface area (Å²) in [7, 11) is -3.75. The van der Waals surface area contributed by atoms with Gasteiger partial charge in [0.25, 0.3) is 10.0 Å². The van der Waals surface area contributed by atoms with Crippen LogP contribution in [0.1, 0.15) is 11.1 Å². The van der Waals surface area contributed by atoms with Gasteiger partial charge in [0, 0.05) is 16.7 Å². The molecule has 3 aromatic rings. The van der Waals surface area contributed by atoms with Gasteiger partial charge >= 0.3 is 0 Å². The highest BCUT2D eigenvalue weighted by atomic mass is 35.5. The van der Waals surface area contributed by atoms with Gasteiger partial charge in [0.15, 0.2) is 0 Å². The molecule has 124 valence electrons. The number of aryl methyl sites for hydroxylation is 2. The van der Waals surface area contributed by atoms with Crippen molar-refractivity contribution in [3.05, 3.63) is 64.7 Å². The number of benzene rings is 2. The summed E-state index contributed by atoms with van der Waals surface area (Å²) in [6.07, 6.45) is 0. The largest absolute Gasteiger partial charge is 0.337 e. The molecule has 0 spiro atoms. The van der Waals surface area contributed by atoms with Crippen molar-refractivity contribution in [1.82, 2.24) is 5.16 Å². The van der Waals surface area contributed by atoms with Crippen molar-refractivity contribution in [3.63, 3.8) is 0 Å². The van der Waals surface area contributed by atoms with Crippen LogP contribution >= 0.6 is 11.6 Å². The molecule has 24 heavy (non-hydrogen) atoms. The third-order valence-corrected chi connectivity index (χ3v) is 5.26. The molecule has 0 saturated heterocycles. The Morgan fingerprint density at radius 3 is 2.46 bits per heavy atom. The molecule has 1 N–H and O–H groups in total. The zero-order valence-corrected chi connectivity index (χ0v) is 14.6. The van der Waals surface area contributed by atoms with Gasteiger partial charge in [-0.05, 0) is 43.2 Å². The Balaban J connectivity index is 1.88. The fourth-order valence-electron chi connectivity index (χ4n) is 2.26. The van der Waals surface area contributed by atoms with Crippen molar-refractivity contribution >= 4 is 27.5 Å². The lowest BCUT2D eigenvalue weighted by molar-refractivity contribution is 0.438. The van der Waals surface area contributed by atoms with E-state index in [0.717, 1.165) is 11.1 Å². The predicted molar refractivity (Wildman–Crippen MR) is 93.7 cm³/mol. The molecule has 0 atom stereocenters. The highest BCUT2D eigenvalue weighted by Gasteiger charge is 2.19. The zero-order chi connectivity index (χ0) is 17.3. The van der Waals surface area contributed by atoms with Crippen molar-refractivity contribution < 1.29 is 12.9 Å². The minimum Gasteiger partial charge on any atom is -0.337 e. The van der Waals surface area contributed by atoms with Gasteiger partial charge in [-0.25, -0.2) is 13.1 Å². The SMILES string of the molecule is Cc1ccc(C)c(S(=O)(=O)Nc2cc(-c3ccc(Cl)cc3)no2)c1. The van der Waals surface area contributed by atoms with Gasteiger partial charge in [-0.3, -0.25) is 0 Å². The molecule has 1 heterocycles. The second-order valence-electron chi connectivity index (χ2n) is 5.46. The van der Waals surface area contributed by atoms with Gasteiger partial charge < -0.3 is 4.52 Å². The Labute approximate surface area is 145 Å². The van der Waals surface area contributed by atoms with E-state index in [1.807, 2.05) is 13.0 Å². The molecule has 3 rings (SSSR count). The molecular weight excluding hydrogens is 348 g/mol. The molecule has 0 unspecified atom stereocenters. The molecule has 0 saturated carbocycles. The summed E-state index contributed by atoms with van der Waals surface area (Å²) < 4.78 is 32.6. The fraction of sp³-hybridized carbons (Fsp3) is 0.118. The molecule has 1 aromatic heterocycles. The van der Waals surface area contributed by atoms with Crippen LogP contribution in [-0.4, -0.2) is 13.6 Å². The Morgan fingerprint density at radius 1 is 1.04 bits per heavy atom. The summed E-state index contributed by atoms with van der Waals surface area (Å²) in [5.74, 6) is 0.0563. The Kier molecular flexibility index (Phi) is 4.34. The second-order valence-corrected chi connectivity index (χ2v) is 7.55. The van der Waals surface area contributed by atoms with Crippen LogP contribution in [0.4, 0.5) is 5.88 Å². The maximum Gasteiger partial charge on any atom is 0.264 e. The van der Waals surface area contributed by atoms with Crippen molar-refractivity contribution in [2.24, 2.45) is 0 Å². The van der Waals surface area contributed by atoms with E-state index in [2.05, 4.69) is 9.88 Å². The first-order valence-corrected chi connectivity index (χ1v) is 9.04. The summed E-state index contributed by atoms with van der Waals surface area (Å²) in [6.45, 7) is 3.58. The molecule has 0 fully saturated rings. The molecule has 5 nitrogen and oxygen atoms in total. The molecule has 0 aliphatic heterocycles. The molecule has 0 radical (unpaired) electrons. The van der Waals surface area contributed by atoms with E-state index in [1.54, 1.807) is 43.3 Å². The van der Waals surface area contributed by atoms with Crippen molar-refractivity contribution in [3.8, 4) is 11.3 Å². The number of sulfonamides is 1. The van der Waals surface area contributed by atoms with E-state index in [4.69, 9.17) is 16.1 Å². The maximum atomic E-state index is 12.5. The Bertz CT molecular complexity index is 979. The minimum absolute atomic E-state index is 0.0563. The zero-order valence-electron chi connectivity index (χ0n) is 13.1. The van der Waals surface area contributed by atoms with E-state index in [0.29, 0.717) is 16.3 Å². The van der Waals surface area contributed by atoms with Crippen LogP contribution in [0, 0.1) is 13.8 Å².